The molecule has 106 valence electrons. The first-order valence-corrected chi connectivity index (χ1v) is 6.51. The lowest BCUT2D eigenvalue weighted by Crippen LogP contribution is -1.94. The van der Waals surface area contributed by atoms with E-state index in [-0.39, 0.29) is 0 Å². The van der Waals surface area contributed by atoms with Gasteiger partial charge in [-0.15, -0.1) is 5.10 Å². The summed E-state index contributed by atoms with van der Waals surface area (Å²) >= 11 is 0. The molecule has 0 saturated carbocycles. The largest absolute Gasteiger partial charge is 0.497 e. The van der Waals surface area contributed by atoms with Gasteiger partial charge in [0, 0.05) is 5.56 Å². The number of aromatic nitrogens is 3. The van der Waals surface area contributed by atoms with Gasteiger partial charge in [-0.05, 0) is 48.5 Å². The van der Waals surface area contributed by atoms with Crippen LogP contribution in [0.1, 0.15) is 0 Å². The predicted molar refractivity (Wildman–Crippen MR) is 79.9 cm³/mol. The predicted octanol–water partition coefficient (Wildman–Crippen LogP) is 2.95. The zero-order valence-corrected chi connectivity index (χ0v) is 11.9. The first-order valence-electron chi connectivity index (χ1n) is 6.51. The van der Waals surface area contributed by atoms with E-state index in [9.17, 15) is 0 Å². The Labute approximate surface area is 122 Å². The minimum Gasteiger partial charge on any atom is -0.497 e. The Hall–Kier alpha value is -2.82. The van der Waals surface area contributed by atoms with Crippen LogP contribution in [-0.2, 0) is 0 Å². The van der Waals surface area contributed by atoms with Gasteiger partial charge in [-0.1, -0.05) is 5.21 Å². The van der Waals surface area contributed by atoms with Crippen LogP contribution in [0.15, 0.2) is 54.7 Å². The lowest BCUT2D eigenvalue weighted by molar-refractivity contribution is 0.414. The Bertz CT molecular complexity index is 656. The van der Waals surface area contributed by atoms with E-state index in [4.69, 9.17) is 9.47 Å². The second-order valence-electron chi connectivity index (χ2n) is 4.47. The van der Waals surface area contributed by atoms with E-state index in [1.165, 1.54) is 0 Å². The van der Waals surface area contributed by atoms with Gasteiger partial charge in [-0.2, -0.15) is 0 Å². The first-order chi connectivity index (χ1) is 10.3. The van der Waals surface area contributed by atoms with Crippen LogP contribution in [0.4, 0.5) is 0 Å². The van der Waals surface area contributed by atoms with Crippen LogP contribution in [0, 0.1) is 0 Å². The Kier molecular flexibility index (Phi) is 3.55. The molecule has 0 aliphatic heterocycles. The number of methoxy groups -OCH3 is 2. The van der Waals surface area contributed by atoms with Gasteiger partial charge in [0.25, 0.3) is 0 Å². The van der Waals surface area contributed by atoms with E-state index in [0.717, 1.165) is 28.4 Å². The number of benzene rings is 2. The zero-order valence-electron chi connectivity index (χ0n) is 11.9. The molecule has 0 aliphatic carbocycles. The summed E-state index contributed by atoms with van der Waals surface area (Å²) in [4.78, 5) is 0. The van der Waals surface area contributed by atoms with Crippen LogP contribution in [0.25, 0.3) is 16.9 Å². The number of rotatable bonds is 4. The molecule has 1 heterocycles. The average molecular weight is 281 g/mol. The molecule has 0 amide bonds. The number of nitrogens with zero attached hydrogens (tertiary/aromatic N) is 3. The van der Waals surface area contributed by atoms with Gasteiger partial charge in [0.1, 0.15) is 17.2 Å². The van der Waals surface area contributed by atoms with Crippen molar-refractivity contribution in [3.05, 3.63) is 54.7 Å². The molecule has 0 N–H and O–H groups in total. The molecule has 2 aromatic carbocycles. The average Bonchev–Trinajstić information content (AvgIpc) is 3.05. The minimum atomic E-state index is 0.813. The number of hydrogen-bond acceptors (Lipinski definition) is 4. The standard InChI is InChI=1S/C16H15N3O2/c1-20-14-7-3-12(4-8-14)16-11-19(18-17-16)13-5-9-15(21-2)10-6-13/h3-11H,1-2H3. The van der Waals surface area contributed by atoms with E-state index in [1.54, 1.807) is 18.9 Å². The van der Waals surface area contributed by atoms with Crippen LogP contribution in [0.5, 0.6) is 11.5 Å². The van der Waals surface area contributed by atoms with Crippen molar-refractivity contribution in [3.63, 3.8) is 0 Å². The van der Waals surface area contributed by atoms with Crippen LogP contribution < -0.4 is 9.47 Å². The summed E-state index contributed by atoms with van der Waals surface area (Å²) in [7, 11) is 3.29. The summed E-state index contributed by atoms with van der Waals surface area (Å²) in [6.45, 7) is 0. The van der Waals surface area contributed by atoms with Gasteiger partial charge in [-0.25, -0.2) is 4.68 Å². The lowest BCUT2D eigenvalue weighted by atomic mass is 10.1. The highest BCUT2D eigenvalue weighted by molar-refractivity contribution is 5.59. The van der Waals surface area contributed by atoms with Gasteiger partial charge in [0.2, 0.25) is 0 Å². The van der Waals surface area contributed by atoms with E-state index >= 15 is 0 Å². The van der Waals surface area contributed by atoms with Crippen molar-refractivity contribution in [1.29, 1.82) is 0 Å². The monoisotopic (exact) mass is 281 g/mol. The summed E-state index contributed by atoms with van der Waals surface area (Å²) < 4.78 is 12.0. The molecular weight excluding hydrogens is 266 g/mol. The molecule has 0 spiro atoms. The summed E-state index contributed by atoms with van der Waals surface area (Å²) in [5.74, 6) is 1.63. The molecule has 0 unspecified atom stereocenters. The molecular formula is C16H15N3O2. The number of ether oxygens (including phenoxy) is 2. The summed E-state index contributed by atoms with van der Waals surface area (Å²) in [6, 6.07) is 15.4. The van der Waals surface area contributed by atoms with Gasteiger partial charge in [-0.3, -0.25) is 0 Å². The second-order valence-corrected chi connectivity index (χ2v) is 4.47. The third-order valence-electron chi connectivity index (χ3n) is 3.22. The van der Waals surface area contributed by atoms with Crippen LogP contribution in [0.2, 0.25) is 0 Å². The third-order valence-corrected chi connectivity index (χ3v) is 3.22. The fourth-order valence-electron chi connectivity index (χ4n) is 2.02. The maximum Gasteiger partial charge on any atom is 0.119 e. The minimum absolute atomic E-state index is 0.813. The van der Waals surface area contributed by atoms with Gasteiger partial charge >= 0.3 is 0 Å². The third kappa shape index (κ3) is 2.72. The molecule has 0 fully saturated rings. The van der Waals surface area contributed by atoms with Gasteiger partial charge < -0.3 is 9.47 Å². The Balaban J connectivity index is 1.87. The van der Waals surface area contributed by atoms with Crippen molar-refractivity contribution in [2.24, 2.45) is 0 Å². The normalized spacial score (nSPS) is 10.4. The highest BCUT2D eigenvalue weighted by Crippen LogP contribution is 2.21. The SMILES string of the molecule is COc1ccc(-c2cn(-c3ccc(OC)cc3)nn2)cc1. The van der Waals surface area contributed by atoms with Crippen molar-refractivity contribution in [3.8, 4) is 28.4 Å². The molecule has 3 rings (SSSR count). The molecule has 3 aromatic rings. The van der Waals surface area contributed by atoms with Gasteiger partial charge in [0.05, 0.1) is 26.1 Å². The van der Waals surface area contributed by atoms with Crippen molar-refractivity contribution in [2.45, 2.75) is 0 Å². The van der Waals surface area contributed by atoms with Crippen LogP contribution >= 0.6 is 0 Å². The highest BCUT2D eigenvalue weighted by atomic mass is 16.5. The Morgan fingerprint density at radius 2 is 1.38 bits per heavy atom. The van der Waals surface area contributed by atoms with Crippen LogP contribution in [-0.4, -0.2) is 29.2 Å². The molecule has 5 heteroatoms. The quantitative estimate of drug-likeness (QED) is 0.737. The molecule has 0 radical (unpaired) electrons. The Morgan fingerprint density at radius 3 is 1.95 bits per heavy atom. The zero-order chi connectivity index (χ0) is 14.7. The van der Waals surface area contributed by atoms with Crippen molar-refractivity contribution < 1.29 is 9.47 Å². The molecule has 21 heavy (non-hydrogen) atoms. The van der Waals surface area contributed by atoms with E-state index in [2.05, 4.69) is 10.3 Å². The topological polar surface area (TPSA) is 49.2 Å². The molecule has 5 nitrogen and oxygen atoms in total. The number of hydrogen-bond donors (Lipinski definition) is 0. The second kappa shape index (κ2) is 5.66. The summed E-state index contributed by atoms with van der Waals surface area (Å²) in [5.41, 5.74) is 2.74. The van der Waals surface area contributed by atoms with Crippen molar-refractivity contribution in [2.75, 3.05) is 14.2 Å². The molecule has 0 atom stereocenters. The van der Waals surface area contributed by atoms with Crippen LogP contribution in [0.3, 0.4) is 0 Å². The fourth-order valence-corrected chi connectivity index (χ4v) is 2.02. The molecule has 0 aliphatic rings. The molecule has 0 bridgehead atoms. The van der Waals surface area contributed by atoms with Crippen molar-refractivity contribution >= 4 is 0 Å². The first kappa shape index (κ1) is 13.2. The highest BCUT2D eigenvalue weighted by Gasteiger charge is 2.05. The van der Waals surface area contributed by atoms with E-state index < -0.39 is 0 Å². The summed E-state index contributed by atoms with van der Waals surface area (Å²) in [6.07, 6.45) is 1.89. The molecule has 1 aromatic heterocycles. The van der Waals surface area contributed by atoms with E-state index in [0.29, 0.717) is 0 Å². The maximum atomic E-state index is 5.15. The Morgan fingerprint density at radius 1 is 0.810 bits per heavy atom. The van der Waals surface area contributed by atoms with E-state index in [1.807, 2.05) is 54.7 Å². The fraction of sp³-hybridized carbons (Fsp3) is 0.125. The smallest absolute Gasteiger partial charge is 0.119 e. The molecule has 0 saturated heterocycles. The van der Waals surface area contributed by atoms with Gasteiger partial charge in [0.15, 0.2) is 0 Å². The summed E-state index contributed by atoms with van der Waals surface area (Å²) in [5, 5.41) is 8.36. The van der Waals surface area contributed by atoms with Crippen molar-refractivity contribution in [1.82, 2.24) is 15.0 Å². The lowest BCUT2D eigenvalue weighted by Gasteiger charge is -2.02. The maximum absolute atomic E-state index is 5.15.